The second kappa shape index (κ2) is 3.44. The third-order valence-electron chi connectivity index (χ3n) is 1.60. The molecule has 1 rings (SSSR count). The Bertz CT molecular complexity index is 87.1. The van der Waals surface area contributed by atoms with Gasteiger partial charge in [0.2, 0.25) is 0 Å². The van der Waals surface area contributed by atoms with Gasteiger partial charge in [-0.3, -0.25) is 0 Å². The first-order chi connectivity index (χ1) is 4.34. The molecule has 2 nitrogen and oxygen atoms in total. The molecule has 9 heavy (non-hydrogen) atoms. The Hall–Kier alpha value is 0.270. The lowest BCUT2D eigenvalue weighted by atomic mass is 10.3. The summed E-state index contributed by atoms with van der Waals surface area (Å²) in [6.45, 7) is 0.673. The maximum atomic E-state index is 11.0. The minimum absolute atomic E-state index is 0.329. The highest BCUT2D eigenvalue weighted by Gasteiger charge is 2.28. The van der Waals surface area contributed by atoms with Crippen LogP contribution in [0, 0.1) is 0 Å². The molecule has 0 aromatic heterocycles. The molecule has 1 aliphatic heterocycles. The van der Waals surface area contributed by atoms with E-state index in [1.807, 2.05) is 0 Å². The van der Waals surface area contributed by atoms with Gasteiger partial charge in [0.1, 0.15) is 11.0 Å². The van der Waals surface area contributed by atoms with Crippen molar-refractivity contribution in [2.75, 3.05) is 19.5 Å². The van der Waals surface area contributed by atoms with E-state index in [9.17, 15) is 4.55 Å². The topological polar surface area (TPSA) is 32.3 Å². The summed E-state index contributed by atoms with van der Waals surface area (Å²) in [6.07, 6.45) is 2.20. The Balaban J connectivity index is 2.22. The molecule has 0 saturated carbocycles. The van der Waals surface area contributed by atoms with Crippen LogP contribution in [0.25, 0.3) is 0 Å². The number of ether oxygens (including phenoxy) is 1. The highest BCUT2D eigenvalue weighted by atomic mass is 32.2. The molecule has 0 aromatic rings. The van der Waals surface area contributed by atoms with Crippen molar-refractivity contribution in [2.45, 2.75) is 18.1 Å². The number of rotatable bonds is 2. The monoisotopic (exact) mass is 148 g/mol. The van der Waals surface area contributed by atoms with E-state index in [0.29, 0.717) is 11.9 Å². The molecule has 2 atom stereocenters. The molecular formula is C6H12O2S. The van der Waals surface area contributed by atoms with E-state index in [2.05, 4.69) is 0 Å². The molecule has 1 fully saturated rings. The van der Waals surface area contributed by atoms with Crippen LogP contribution in [0.1, 0.15) is 12.8 Å². The number of hydrogen-bond donors (Lipinski definition) is 0. The van der Waals surface area contributed by atoms with E-state index >= 15 is 0 Å². The molecule has 54 valence electrons. The summed E-state index contributed by atoms with van der Waals surface area (Å²) >= 11 is -0.586. The van der Waals surface area contributed by atoms with E-state index in [1.54, 1.807) is 7.11 Å². The van der Waals surface area contributed by atoms with Crippen molar-refractivity contribution in [1.29, 1.82) is 0 Å². The Labute approximate surface area is 58.8 Å². The van der Waals surface area contributed by atoms with E-state index in [4.69, 9.17) is 4.74 Å². The van der Waals surface area contributed by atoms with Crippen LogP contribution in [0.4, 0.5) is 0 Å². The van der Waals surface area contributed by atoms with Gasteiger partial charge < -0.3 is 9.29 Å². The van der Waals surface area contributed by atoms with Gasteiger partial charge in [-0.1, -0.05) is 0 Å². The van der Waals surface area contributed by atoms with E-state index in [1.165, 1.54) is 0 Å². The summed E-state index contributed by atoms with van der Waals surface area (Å²) in [5, 5.41) is 0.329. The third kappa shape index (κ3) is 1.85. The Morgan fingerprint density at radius 3 is 3.00 bits per heavy atom. The highest BCUT2D eigenvalue weighted by Crippen LogP contribution is 2.19. The lowest BCUT2D eigenvalue weighted by Crippen LogP contribution is -2.20. The molecule has 1 saturated heterocycles. The first-order valence-corrected chi connectivity index (χ1v) is 4.59. The van der Waals surface area contributed by atoms with Crippen molar-refractivity contribution in [3.05, 3.63) is 0 Å². The summed E-state index contributed by atoms with van der Waals surface area (Å²) < 4.78 is 15.9. The second-order valence-corrected chi connectivity index (χ2v) is 4.14. The predicted octanol–water partition coefficient (Wildman–Crippen LogP) is 0.544. The van der Waals surface area contributed by atoms with Gasteiger partial charge in [-0.25, -0.2) is 0 Å². The summed E-state index contributed by atoms with van der Waals surface area (Å²) in [5.74, 6) is 0.883. The van der Waals surface area contributed by atoms with Gasteiger partial charge >= 0.3 is 0 Å². The van der Waals surface area contributed by atoms with Gasteiger partial charge in [0, 0.05) is 13.5 Å². The van der Waals surface area contributed by atoms with Crippen molar-refractivity contribution in [3.8, 4) is 0 Å². The summed E-state index contributed by atoms with van der Waals surface area (Å²) in [7, 11) is 1.66. The standard InChI is InChI=1S/C6H12O2S/c1-8-5-6-3-2-4-9(6)7/h6H,2-5H2,1H3. The molecular weight excluding hydrogens is 136 g/mol. The molecule has 0 aliphatic carbocycles. The maximum absolute atomic E-state index is 11.0. The molecule has 0 aromatic carbocycles. The fraction of sp³-hybridized carbons (Fsp3) is 1.00. The Morgan fingerprint density at radius 1 is 1.78 bits per heavy atom. The summed E-state index contributed by atoms with van der Waals surface area (Å²) in [5.41, 5.74) is 0. The van der Waals surface area contributed by atoms with Gasteiger partial charge in [-0.05, 0) is 17.6 Å². The van der Waals surface area contributed by atoms with Crippen molar-refractivity contribution in [1.82, 2.24) is 0 Å². The Kier molecular flexibility index (Phi) is 2.82. The molecule has 0 radical (unpaired) electrons. The van der Waals surface area contributed by atoms with Crippen LogP contribution >= 0.6 is 0 Å². The average molecular weight is 148 g/mol. The SMILES string of the molecule is COCC1CCC[S+]1[O-]. The molecule has 0 N–H and O–H groups in total. The second-order valence-electron chi connectivity index (χ2n) is 2.30. The zero-order valence-electron chi connectivity index (χ0n) is 5.63. The van der Waals surface area contributed by atoms with E-state index in [-0.39, 0.29) is 0 Å². The van der Waals surface area contributed by atoms with E-state index < -0.39 is 11.2 Å². The quantitative estimate of drug-likeness (QED) is 0.535. The van der Waals surface area contributed by atoms with Crippen LogP contribution in [-0.2, 0) is 15.9 Å². The van der Waals surface area contributed by atoms with Crippen molar-refractivity contribution >= 4 is 11.2 Å². The van der Waals surface area contributed by atoms with Gasteiger partial charge in [0.05, 0.1) is 6.61 Å². The highest BCUT2D eigenvalue weighted by molar-refractivity contribution is 7.92. The van der Waals surface area contributed by atoms with Crippen molar-refractivity contribution in [2.24, 2.45) is 0 Å². The normalized spacial score (nSPS) is 35.3. The lowest BCUT2D eigenvalue weighted by molar-refractivity contribution is 0.196. The molecule has 0 amide bonds. The van der Waals surface area contributed by atoms with Crippen LogP contribution < -0.4 is 0 Å². The maximum Gasteiger partial charge on any atom is 0.139 e. The largest absolute Gasteiger partial charge is 0.616 e. The lowest BCUT2D eigenvalue weighted by Gasteiger charge is -2.11. The zero-order valence-corrected chi connectivity index (χ0v) is 6.45. The van der Waals surface area contributed by atoms with Crippen LogP contribution in [0.2, 0.25) is 0 Å². The third-order valence-corrected chi connectivity index (χ3v) is 3.40. The van der Waals surface area contributed by atoms with Crippen molar-refractivity contribution in [3.63, 3.8) is 0 Å². The first kappa shape index (κ1) is 7.38. The minimum atomic E-state index is -0.586. The smallest absolute Gasteiger partial charge is 0.139 e. The number of methoxy groups -OCH3 is 1. The minimum Gasteiger partial charge on any atom is -0.616 e. The summed E-state index contributed by atoms with van der Waals surface area (Å²) in [6, 6.07) is 0. The molecule has 3 heteroatoms. The van der Waals surface area contributed by atoms with Crippen LogP contribution in [0.15, 0.2) is 0 Å². The predicted molar refractivity (Wildman–Crippen MR) is 37.9 cm³/mol. The van der Waals surface area contributed by atoms with Gasteiger partial charge in [-0.15, -0.1) is 0 Å². The number of hydrogen-bond acceptors (Lipinski definition) is 2. The van der Waals surface area contributed by atoms with Gasteiger partial charge in [-0.2, -0.15) is 0 Å². The summed E-state index contributed by atoms with van der Waals surface area (Å²) in [4.78, 5) is 0. The Morgan fingerprint density at radius 2 is 2.56 bits per heavy atom. The van der Waals surface area contributed by atoms with Gasteiger partial charge in [0.15, 0.2) is 0 Å². The first-order valence-electron chi connectivity index (χ1n) is 3.20. The molecule has 0 spiro atoms. The van der Waals surface area contributed by atoms with Crippen LogP contribution in [0.3, 0.4) is 0 Å². The molecule has 1 aliphatic rings. The van der Waals surface area contributed by atoms with E-state index in [0.717, 1.165) is 18.6 Å². The molecule has 1 heterocycles. The zero-order chi connectivity index (χ0) is 6.69. The van der Waals surface area contributed by atoms with Crippen LogP contribution in [0.5, 0.6) is 0 Å². The molecule has 0 bridgehead atoms. The fourth-order valence-corrected chi connectivity index (χ4v) is 2.60. The van der Waals surface area contributed by atoms with Crippen molar-refractivity contribution < 1.29 is 9.29 Å². The fourth-order valence-electron chi connectivity index (χ4n) is 1.10. The average Bonchev–Trinajstić information content (AvgIpc) is 2.18. The van der Waals surface area contributed by atoms with Gasteiger partial charge in [0.25, 0.3) is 0 Å². The molecule has 2 unspecified atom stereocenters. The van der Waals surface area contributed by atoms with Crippen LogP contribution in [-0.4, -0.2) is 29.3 Å².